The molecule has 1 heterocycles. The Balaban J connectivity index is 1.88. The maximum Gasteiger partial charge on any atom is 0.339 e. The number of tetrazole rings is 1. The van der Waals surface area contributed by atoms with Crippen molar-refractivity contribution in [2.45, 2.75) is 4.90 Å². The Hall–Kier alpha value is -3.25. The molecule has 0 atom stereocenters. The number of hydrogen-bond donors (Lipinski definition) is 0. The van der Waals surface area contributed by atoms with Gasteiger partial charge in [-0.2, -0.15) is 13.7 Å². The lowest BCUT2D eigenvalue weighted by atomic mass is 10.2. The predicted octanol–water partition coefficient (Wildman–Crippen LogP) is 1.30. The van der Waals surface area contributed by atoms with Gasteiger partial charge in [-0.1, -0.05) is 6.07 Å². The summed E-state index contributed by atoms with van der Waals surface area (Å²) in [5.74, 6) is 0.127. The molecule has 0 radical (unpaired) electrons. The van der Waals surface area contributed by atoms with Gasteiger partial charge < -0.3 is 4.18 Å². The van der Waals surface area contributed by atoms with Gasteiger partial charge >= 0.3 is 10.1 Å². The van der Waals surface area contributed by atoms with E-state index in [1.54, 1.807) is 12.1 Å². The fourth-order valence-corrected chi connectivity index (χ4v) is 2.75. The van der Waals surface area contributed by atoms with Gasteiger partial charge in [-0.05, 0) is 46.8 Å². The Morgan fingerprint density at radius 2 is 1.91 bits per heavy atom. The minimum Gasteiger partial charge on any atom is -0.379 e. The van der Waals surface area contributed by atoms with Crippen LogP contribution in [0.3, 0.4) is 0 Å². The molecule has 3 rings (SSSR count). The van der Waals surface area contributed by atoms with Crippen molar-refractivity contribution in [3.05, 3.63) is 60.4 Å². The van der Waals surface area contributed by atoms with Crippen LogP contribution in [0.4, 0.5) is 0 Å². The Bertz CT molecular complexity index is 960. The Morgan fingerprint density at radius 3 is 2.57 bits per heavy atom. The smallest absolute Gasteiger partial charge is 0.339 e. The second-order valence-corrected chi connectivity index (χ2v) is 5.97. The largest absolute Gasteiger partial charge is 0.379 e. The fourth-order valence-electron chi connectivity index (χ4n) is 1.83. The molecule has 2 aromatic carbocycles. The van der Waals surface area contributed by atoms with Gasteiger partial charge in [0.05, 0.1) is 17.3 Å². The van der Waals surface area contributed by atoms with Crippen molar-refractivity contribution in [3.8, 4) is 17.5 Å². The van der Waals surface area contributed by atoms with Gasteiger partial charge in [0.2, 0.25) is 0 Å². The van der Waals surface area contributed by atoms with Gasteiger partial charge in [0.25, 0.3) is 0 Å². The van der Waals surface area contributed by atoms with E-state index in [2.05, 4.69) is 15.5 Å². The lowest BCUT2D eigenvalue weighted by molar-refractivity contribution is 0.486. The van der Waals surface area contributed by atoms with E-state index in [-0.39, 0.29) is 10.6 Å². The molecule has 0 aliphatic carbocycles. The number of rotatable bonds is 4. The van der Waals surface area contributed by atoms with Gasteiger partial charge in [0, 0.05) is 6.07 Å². The monoisotopic (exact) mass is 327 g/mol. The molecule has 23 heavy (non-hydrogen) atoms. The van der Waals surface area contributed by atoms with Crippen molar-refractivity contribution in [3.63, 3.8) is 0 Å². The second kappa shape index (κ2) is 5.86. The van der Waals surface area contributed by atoms with E-state index in [1.165, 1.54) is 47.4 Å². The van der Waals surface area contributed by atoms with Crippen LogP contribution in [-0.4, -0.2) is 28.6 Å². The van der Waals surface area contributed by atoms with E-state index in [0.29, 0.717) is 11.3 Å². The van der Waals surface area contributed by atoms with Crippen LogP contribution in [0.5, 0.6) is 5.75 Å². The summed E-state index contributed by atoms with van der Waals surface area (Å²) in [6, 6.07) is 13.7. The highest BCUT2D eigenvalue weighted by atomic mass is 32.2. The Labute approximate surface area is 131 Å². The number of benzene rings is 2. The number of nitrogens with zero attached hydrogens (tertiary/aromatic N) is 5. The van der Waals surface area contributed by atoms with Crippen LogP contribution in [0.2, 0.25) is 0 Å². The Morgan fingerprint density at radius 1 is 1.13 bits per heavy atom. The van der Waals surface area contributed by atoms with Gasteiger partial charge in [-0.15, -0.1) is 5.10 Å². The lowest BCUT2D eigenvalue weighted by Crippen LogP contribution is -2.10. The summed E-state index contributed by atoms with van der Waals surface area (Å²) in [5, 5.41) is 19.5. The van der Waals surface area contributed by atoms with Gasteiger partial charge in [0.15, 0.2) is 0 Å². The first-order valence-electron chi connectivity index (χ1n) is 6.36. The number of nitriles is 1. The molecule has 0 spiro atoms. The minimum absolute atomic E-state index is 0.0377. The van der Waals surface area contributed by atoms with Crippen molar-refractivity contribution in [1.82, 2.24) is 20.2 Å². The molecule has 9 heteroatoms. The highest BCUT2D eigenvalue weighted by Crippen LogP contribution is 2.21. The molecular formula is C14H9N5O3S. The zero-order valence-electron chi connectivity index (χ0n) is 11.6. The van der Waals surface area contributed by atoms with Crippen LogP contribution >= 0.6 is 0 Å². The summed E-state index contributed by atoms with van der Waals surface area (Å²) in [6.45, 7) is 0. The van der Waals surface area contributed by atoms with Crippen LogP contribution in [0, 0.1) is 11.3 Å². The first kappa shape index (κ1) is 14.7. The third kappa shape index (κ3) is 3.17. The molecule has 1 aromatic heterocycles. The van der Waals surface area contributed by atoms with Gasteiger partial charge in [-0.3, -0.25) is 0 Å². The van der Waals surface area contributed by atoms with Gasteiger partial charge in [-0.25, -0.2) is 4.68 Å². The molecule has 0 aliphatic heterocycles. The van der Waals surface area contributed by atoms with Crippen LogP contribution in [-0.2, 0) is 10.1 Å². The van der Waals surface area contributed by atoms with Crippen molar-refractivity contribution in [2.75, 3.05) is 0 Å². The average Bonchev–Trinajstić information content (AvgIpc) is 3.09. The number of hydrogen-bond acceptors (Lipinski definition) is 7. The molecular weight excluding hydrogens is 318 g/mol. The summed E-state index contributed by atoms with van der Waals surface area (Å²) in [7, 11) is -3.99. The quantitative estimate of drug-likeness (QED) is 0.664. The average molecular weight is 327 g/mol. The van der Waals surface area contributed by atoms with E-state index in [4.69, 9.17) is 9.44 Å². The second-order valence-electron chi connectivity index (χ2n) is 4.43. The van der Waals surface area contributed by atoms with Crippen LogP contribution < -0.4 is 4.18 Å². The molecule has 0 unspecified atom stereocenters. The zero-order valence-corrected chi connectivity index (χ0v) is 12.4. The van der Waals surface area contributed by atoms with E-state index < -0.39 is 10.1 Å². The summed E-state index contributed by atoms with van der Waals surface area (Å²) in [4.78, 5) is -0.0377. The summed E-state index contributed by atoms with van der Waals surface area (Å²) in [5.41, 5.74) is 0.923. The fraction of sp³-hybridized carbons (Fsp3) is 0. The van der Waals surface area contributed by atoms with E-state index in [1.807, 2.05) is 6.07 Å². The Kier molecular flexibility index (Phi) is 3.74. The maximum absolute atomic E-state index is 12.2. The third-order valence-corrected chi connectivity index (χ3v) is 4.17. The molecule has 0 saturated carbocycles. The third-order valence-electron chi connectivity index (χ3n) is 2.91. The molecule has 0 saturated heterocycles. The molecule has 0 amide bonds. The van der Waals surface area contributed by atoms with Gasteiger partial charge in [0.1, 0.15) is 17.0 Å². The first-order valence-corrected chi connectivity index (χ1v) is 7.77. The van der Waals surface area contributed by atoms with Crippen LogP contribution in [0.25, 0.3) is 5.69 Å². The number of aromatic nitrogens is 4. The predicted molar refractivity (Wildman–Crippen MR) is 78.1 cm³/mol. The summed E-state index contributed by atoms with van der Waals surface area (Å²) >= 11 is 0. The molecule has 0 bridgehead atoms. The maximum atomic E-state index is 12.2. The van der Waals surface area contributed by atoms with Crippen LogP contribution in [0.15, 0.2) is 59.8 Å². The molecule has 0 aliphatic rings. The topological polar surface area (TPSA) is 111 Å². The zero-order chi connectivity index (χ0) is 16.3. The van der Waals surface area contributed by atoms with Crippen LogP contribution in [0.1, 0.15) is 5.56 Å². The van der Waals surface area contributed by atoms with Crippen molar-refractivity contribution < 1.29 is 12.6 Å². The normalized spacial score (nSPS) is 10.9. The molecule has 0 fully saturated rings. The molecule has 114 valence electrons. The first-order chi connectivity index (χ1) is 11.1. The highest BCUT2D eigenvalue weighted by molar-refractivity contribution is 7.87. The van der Waals surface area contributed by atoms with E-state index in [9.17, 15) is 8.42 Å². The molecule has 3 aromatic rings. The highest BCUT2D eigenvalue weighted by Gasteiger charge is 2.17. The summed E-state index contributed by atoms with van der Waals surface area (Å²) in [6.07, 6.45) is 1.38. The minimum atomic E-state index is -3.99. The molecule has 0 N–H and O–H groups in total. The lowest BCUT2D eigenvalue weighted by Gasteiger charge is -2.08. The van der Waals surface area contributed by atoms with E-state index in [0.717, 1.165) is 0 Å². The van der Waals surface area contributed by atoms with E-state index >= 15 is 0 Å². The standard InChI is InChI=1S/C14H9N5O3S/c15-9-11-4-6-14(7-5-11)23(20,21)22-13-3-1-2-12(8-13)19-10-16-17-18-19/h1-8,10H. The molecule has 8 nitrogen and oxygen atoms in total. The van der Waals surface area contributed by atoms with Crippen molar-refractivity contribution in [2.24, 2.45) is 0 Å². The summed E-state index contributed by atoms with van der Waals surface area (Å²) < 4.78 is 31.0. The van der Waals surface area contributed by atoms with Crippen molar-refractivity contribution in [1.29, 1.82) is 5.26 Å². The van der Waals surface area contributed by atoms with Crippen molar-refractivity contribution >= 4 is 10.1 Å². The SMILES string of the molecule is N#Cc1ccc(S(=O)(=O)Oc2cccc(-n3cnnn3)c2)cc1.